The van der Waals surface area contributed by atoms with Crippen molar-refractivity contribution in [1.29, 1.82) is 0 Å². The molecule has 0 spiro atoms. The van der Waals surface area contributed by atoms with Gasteiger partial charge in [-0.15, -0.1) is 0 Å². The van der Waals surface area contributed by atoms with Gasteiger partial charge in [0.15, 0.2) is 11.7 Å². The van der Waals surface area contributed by atoms with Crippen molar-refractivity contribution in [3.05, 3.63) is 53.6 Å². The zero-order valence-corrected chi connectivity index (χ0v) is 12.6. The summed E-state index contributed by atoms with van der Waals surface area (Å²) in [4.78, 5) is 0. The van der Waals surface area contributed by atoms with E-state index in [1.54, 1.807) is 0 Å². The highest BCUT2D eigenvalue weighted by atomic mass is 19.2. The van der Waals surface area contributed by atoms with E-state index in [-0.39, 0.29) is 22.3 Å². The minimum Gasteiger partial charge on any atom is -0.497 e. The molecule has 0 unspecified atom stereocenters. The first-order chi connectivity index (χ1) is 11.0. The lowest BCUT2D eigenvalue weighted by atomic mass is 9.79. The molecule has 2 aromatic rings. The lowest BCUT2D eigenvalue weighted by Gasteiger charge is -2.09. The standard InChI is InChI=1S/C16H15BF2O4/c1-22-13-5-3-10(4-6-13)15(18)16(19)11-7-12(17(20)21)9-14(8-11)23-2/h3-9,20-21H,1-2H3/b16-15+. The lowest BCUT2D eigenvalue weighted by molar-refractivity contribution is 0.411. The zero-order valence-electron chi connectivity index (χ0n) is 12.6. The third kappa shape index (κ3) is 3.88. The van der Waals surface area contributed by atoms with Crippen molar-refractivity contribution in [1.82, 2.24) is 0 Å². The molecular formula is C16H15BF2O4. The Kier molecular flexibility index (Phi) is 5.36. The average molecular weight is 320 g/mol. The van der Waals surface area contributed by atoms with Gasteiger partial charge in [0.1, 0.15) is 11.5 Å². The number of ether oxygens (including phenoxy) is 2. The predicted octanol–water partition coefficient (Wildman–Crippen LogP) is 2.15. The van der Waals surface area contributed by atoms with Gasteiger partial charge >= 0.3 is 7.12 Å². The van der Waals surface area contributed by atoms with Crippen molar-refractivity contribution >= 4 is 24.2 Å². The molecule has 0 amide bonds. The summed E-state index contributed by atoms with van der Waals surface area (Å²) in [5, 5.41) is 18.4. The highest BCUT2D eigenvalue weighted by Crippen LogP contribution is 2.30. The van der Waals surface area contributed by atoms with Gasteiger partial charge in [0.2, 0.25) is 0 Å². The molecule has 120 valence electrons. The van der Waals surface area contributed by atoms with E-state index in [9.17, 15) is 18.8 Å². The van der Waals surface area contributed by atoms with E-state index in [1.807, 2.05) is 0 Å². The molecule has 0 aromatic heterocycles. The third-order valence-electron chi connectivity index (χ3n) is 3.25. The zero-order chi connectivity index (χ0) is 17.0. The fourth-order valence-electron chi connectivity index (χ4n) is 2.01. The summed E-state index contributed by atoms with van der Waals surface area (Å²) in [7, 11) is 0.995. The summed E-state index contributed by atoms with van der Waals surface area (Å²) in [6, 6.07) is 9.53. The Morgan fingerprint density at radius 1 is 0.826 bits per heavy atom. The van der Waals surface area contributed by atoms with E-state index in [0.717, 1.165) is 6.07 Å². The van der Waals surface area contributed by atoms with Crippen LogP contribution in [-0.2, 0) is 0 Å². The first-order valence-corrected chi connectivity index (χ1v) is 6.71. The Balaban J connectivity index is 2.47. The number of hydrogen-bond donors (Lipinski definition) is 2. The average Bonchev–Trinajstić information content (AvgIpc) is 2.59. The minimum atomic E-state index is -1.82. The van der Waals surface area contributed by atoms with E-state index >= 15 is 0 Å². The molecule has 0 fully saturated rings. The highest BCUT2D eigenvalue weighted by Gasteiger charge is 2.18. The topological polar surface area (TPSA) is 58.9 Å². The normalized spacial score (nSPS) is 11.7. The van der Waals surface area contributed by atoms with Gasteiger partial charge in [-0.25, -0.2) is 8.78 Å². The lowest BCUT2D eigenvalue weighted by Crippen LogP contribution is -2.30. The molecule has 0 radical (unpaired) electrons. The van der Waals surface area contributed by atoms with Crippen LogP contribution in [0.15, 0.2) is 42.5 Å². The summed E-state index contributed by atoms with van der Waals surface area (Å²) in [5.41, 5.74) is -0.116. The van der Waals surface area contributed by atoms with Crippen LogP contribution in [0.5, 0.6) is 11.5 Å². The van der Waals surface area contributed by atoms with E-state index in [1.165, 1.54) is 50.6 Å². The minimum absolute atomic E-state index is 0.00275. The molecule has 0 atom stereocenters. The Bertz CT molecular complexity index is 715. The predicted molar refractivity (Wildman–Crippen MR) is 84.8 cm³/mol. The molecule has 0 bridgehead atoms. The van der Waals surface area contributed by atoms with Crippen LogP contribution in [0.3, 0.4) is 0 Å². The van der Waals surface area contributed by atoms with Gasteiger partial charge < -0.3 is 19.5 Å². The molecule has 0 aliphatic carbocycles. The van der Waals surface area contributed by atoms with Crippen molar-refractivity contribution in [2.75, 3.05) is 14.2 Å². The summed E-state index contributed by atoms with van der Waals surface area (Å²) >= 11 is 0. The summed E-state index contributed by atoms with van der Waals surface area (Å²) < 4.78 is 38.7. The number of methoxy groups -OCH3 is 2. The molecule has 4 nitrogen and oxygen atoms in total. The maximum atomic E-state index is 14.4. The first kappa shape index (κ1) is 17.0. The molecule has 2 N–H and O–H groups in total. The Hall–Kier alpha value is -2.38. The number of rotatable bonds is 5. The fraction of sp³-hybridized carbons (Fsp3) is 0.125. The second kappa shape index (κ2) is 7.26. The largest absolute Gasteiger partial charge is 0.497 e. The van der Waals surface area contributed by atoms with Crippen molar-refractivity contribution in [3.63, 3.8) is 0 Å². The van der Waals surface area contributed by atoms with Gasteiger partial charge in [-0.3, -0.25) is 0 Å². The molecule has 0 heterocycles. The van der Waals surface area contributed by atoms with Crippen LogP contribution in [0.1, 0.15) is 11.1 Å². The van der Waals surface area contributed by atoms with Crippen molar-refractivity contribution < 1.29 is 28.3 Å². The van der Waals surface area contributed by atoms with Crippen LogP contribution in [0, 0.1) is 0 Å². The Morgan fingerprint density at radius 2 is 1.39 bits per heavy atom. The molecule has 0 aliphatic rings. The van der Waals surface area contributed by atoms with E-state index in [4.69, 9.17) is 9.47 Å². The van der Waals surface area contributed by atoms with Gasteiger partial charge in [0.05, 0.1) is 14.2 Å². The molecule has 0 saturated carbocycles. The second-order valence-electron chi connectivity index (χ2n) is 4.72. The van der Waals surface area contributed by atoms with Crippen LogP contribution in [0.2, 0.25) is 0 Å². The molecule has 23 heavy (non-hydrogen) atoms. The highest BCUT2D eigenvalue weighted by molar-refractivity contribution is 6.58. The molecule has 7 heteroatoms. The van der Waals surface area contributed by atoms with Crippen molar-refractivity contribution in [2.24, 2.45) is 0 Å². The summed E-state index contributed by atoms with van der Waals surface area (Å²) in [6.07, 6.45) is 0. The van der Waals surface area contributed by atoms with Gasteiger partial charge in [-0.1, -0.05) is 6.07 Å². The maximum Gasteiger partial charge on any atom is 0.488 e. The SMILES string of the molecule is COc1ccc(/C(F)=C(\F)c2cc(OC)cc(B(O)O)c2)cc1. The van der Waals surface area contributed by atoms with Gasteiger partial charge in [0.25, 0.3) is 0 Å². The number of hydrogen-bond acceptors (Lipinski definition) is 4. The smallest absolute Gasteiger partial charge is 0.488 e. The summed E-state index contributed by atoms with van der Waals surface area (Å²) in [5.74, 6) is -1.49. The second-order valence-corrected chi connectivity index (χ2v) is 4.72. The van der Waals surface area contributed by atoms with Crippen LogP contribution in [0.25, 0.3) is 11.7 Å². The number of benzene rings is 2. The van der Waals surface area contributed by atoms with Crippen LogP contribution >= 0.6 is 0 Å². The fourth-order valence-corrected chi connectivity index (χ4v) is 2.01. The van der Waals surface area contributed by atoms with Gasteiger partial charge in [-0.2, -0.15) is 0 Å². The van der Waals surface area contributed by atoms with Gasteiger partial charge in [0, 0.05) is 11.1 Å². The van der Waals surface area contributed by atoms with E-state index < -0.39 is 18.8 Å². The molecule has 0 aliphatic heterocycles. The third-order valence-corrected chi connectivity index (χ3v) is 3.25. The van der Waals surface area contributed by atoms with E-state index in [0.29, 0.717) is 5.75 Å². The molecule has 0 saturated heterocycles. The van der Waals surface area contributed by atoms with Crippen LogP contribution in [-0.4, -0.2) is 31.4 Å². The maximum absolute atomic E-state index is 14.4. The monoisotopic (exact) mass is 320 g/mol. The Morgan fingerprint density at radius 3 is 1.91 bits per heavy atom. The molecule has 2 aromatic carbocycles. The van der Waals surface area contributed by atoms with Crippen LogP contribution in [0.4, 0.5) is 8.78 Å². The van der Waals surface area contributed by atoms with Crippen molar-refractivity contribution in [3.8, 4) is 11.5 Å². The first-order valence-electron chi connectivity index (χ1n) is 6.71. The molecular weight excluding hydrogens is 305 g/mol. The molecule has 2 rings (SSSR count). The van der Waals surface area contributed by atoms with Crippen LogP contribution < -0.4 is 14.9 Å². The Labute approximate surface area is 132 Å². The van der Waals surface area contributed by atoms with E-state index in [2.05, 4.69) is 0 Å². The van der Waals surface area contributed by atoms with Gasteiger partial charge in [-0.05, 0) is 41.9 Å². The quantitative estimate of drug-likeness (QED) is 0.655. The van der Waals surface area contributed by atoms with Crippen molar-refractivity contribution in [2.45, 2.75) is 0 Å². The number of halogens is 2. The summed E-state index contributed by atoms with van der Waals surface area (Å²) in [6.45, 7) is 0.